The number of halogens is 1. The quantitative estimate of drug-likeness (QED) is 0.366. The molecule has 0 radical (unpaired) electrons. The van der Waals surface area contributed by atoms with Gasteiger partial charge in [0.2, 0.25) is 5.91 Å². The van der Waals surface area contributed by atoms with Gasteiger partial charge in [-0.25, -0.2) is 4.79 Å². The van der Waals surface area contributed by atoms with Crippen LogP contribution < -0.4 is 10.1 Å². The number of amides is 1. The van der Waals surface area contributed by atoms with Gasteiger partial charge in [0.1, 0.15) is 16.3 Å². The van der Waals surface area contributed by atoms with Crippen molar-refractivity contribution in [2.45, 2.75) is 6.92 Å². The molecule has 0 aliphatic heterocycles. The Balaban J connectivity index is 1.83. The van der Waals surface area contributed by atoms with E-state index in [4.69, 9.17) is 21.1 Å². The Bertz CT molecular complexity index is 1060. The lowest BCUT2D eigenvalue weighted by atomic mass is 10.0. The molecule has 1 aromatic heterocycles. The average Bonchev–Trinajstić information content (AvgIpc) is 3.17. The van der Waals surface area contributed by atoms with E-state index in [-0.39, 0.29) is 12.5 Å². The van der Waals surface area contributed by atoms with Crippen molar-refractivity contribution >= 4 is 45.9 Å². The van der Waals surface area contributed by atoms with Crippen molar-refractivity contribution in [1.82, 2.24) is 0 Å². The molecule has 3 rings (SSSR count). The molecule has 1 N–H and O–H groups in total. The first-order valence-corrected chi connectivity index (χ1v) is 10.4. The van der Waals surface area contributed by atoms with E-state index in [9.17, 15) is 9.59 Å². The Labute approximate surface area is 183 Å². The lowest BCUT2D eigenvalue weighted by Gasteiger charge is -2.08. The number of esters is 1. The number of nitrogens with one attached hydrogen (secondary N) is 1. The lowest BCUT2D eigenvalue weighted by Crippen LogP contribution is -2.12. The summed E-state index contributed by atoms with van der Waals surface area (Å²) in [6.07, 6.45) is 3.10. The molecule has 2 aromatic carbocycles. The topological polar surface area (TPSA) is 64.6 Å². The summed E-state index contributed by atoms with van der Waals surface area (Å²) in [5.41, 5.74) is 2.68. The van der Waals surface area contributed by atoms with E-state index in [1.807, 2.05) is 41.8 Å². The Morgan fingerprint density at radius 2 is 1.80 bits per heavy atom. The van der Waals surface area contributed by atoms with Crippen LogP contribution in [0.5, 0.6) is 5.75 Å². The Morgan fingerprint density at radius 1 is 1.10 bits per heavy atom. The first kappa shape index (κ1) is 21.6. The second-order valence-electron chi connectivity index (χ2n) is 6.18. The molecule has 0 bridgehead atoms. The highest BCUT2D eigenvalue weighted by atomic mass is 35.5. The van der Waals surface area contributed by atoms with Crippen LogP contribution in [0, 0.1) is 0 Å². The van der Waals surface area contributed by atoms with Gasteiger partial charge in [-0.3, -0.25) is 4.79 Å². The Hall–Kier alpha value is -3.09. The highest BCUT2D eigenvalue weighted by Gasteiger charge is 2.22. The summed E-state index contributed by atoms with van der Waals surface area (Å²) in [5.74, 6) is -0.0944. The molecule has 7 heteroatoms. The number of hydrogen-bond acceptors (Lipinski definition) is 5. The lowest BCUT2D eigenvalue weighted by molar-refractivity contribution is -0.111. The number of carbonyl (C=O) groups excluding carboxylic acids is 2. The highest BCUT2D eigenvalue weighted by molar-refractivity contribution is 7.15. The molecule has 1 amide bonds. The molecular formula is C23H20ClNO4S. The summed E-state index contributed by atoms with van der Waals surface area (Å²) in [6, 6.07) is 14.5. The van der Waals surface area contributed by atoms with E-state index >= 15 is 0 Å². The van der Waals surface area contributed by atoms with E-state index in [0.29, 0.717) is 21.2 Å². The minimum atomic E-state index is -0.488. The van der Waals surface area contributed by atoms with Crippen LogP contribution in [0.3, 0.4) is 0 Å². The Kier molecular flexibility index (Phi) is 7.27. The van der Waals surface area contributed by atoms with Gasteiger partial charge in [-0.1, -0.05) is 35.9 Å². The van der Waals surface area contributed by atoms with Gasteiger partial charge < -0.3 is 14.8 Å². The van der Waals surface area contributed by atoms with E-state index in [2.05, 4.69) is 5.32 Å². The maximum Gasteiger partial charge on any atom is 0.341 e. The average molecular weight is 442 g/mol. The molecule has 0 aliphatic carbocycles. The van der Waals surface area contributed by atoms with Gasteiger partial charge >= 0.3 is 5.97 Å². The van der Waals surface area contributed by atoms with Crippen LogP contribution >= 0.6 is 22.9 Å². The van der Waals surface area contributed by atoms with E-state index < -0.39 is 5.97 Å². The molecule has 3 aromatic rings. The highest BCUT2D eigenvalue weighted by Crippen LogP contribution is 2.36. The maximum atomic E-state index is 12.6. The minimum absolute atomic E-state index is 0.236. The van der Waals surface area contributed by atoms with Crippen molar-refractivity contribution in [3.05, 3.63) is 76.1 Å². The second-order valence-corrected chi connectivity index (χ2v) is 7.49. The molecule has 0 saturated heterocycles. The third-order valence-electron chi connectivity index (χ3n) is 4.21. The molecule has 0 atom stereocenters. The van der Waals surface area contributed by atoms with Crippen LogP contribution in [-0.2, 0) is 9.53 Å². The number of thiophene rings is 1. The van der Waals surface area contributed by atoms with Crippen LogP contribution in [0.4, 0.5) is 5.00 Å². The molecule has 0 unspecified atom stereocenters. The summed E-state index contributed by atoms with van der Waals surface area (Å²) < 4.78 is 10.3. The summed E-state index contributed by atoms with van der Waals surface area (Å²) in [4.78, 5) is 25.0. The standard InChI is InChI=1S/C23H20ClNO4S/c1-3-29-23(27)21-19(16-7-9-17(24)10-8-16)14-30-22(21)25-20(26)13-6-15-4-11-18(28-2)12-5-15/h4-14H,3H2,1-2H3,(H,25,26). The van der Waals surface area contributed by atoms with Crippen molar-refractivity contribution in [2.24, 2.45) is 0 Å². The number of rotatable bonds is 7. The zero-order valence-electron chi connectivity index (χ0n) is 16.5. The van der Waals surface area contributed by atoms with Crippen molar-refractivity contribution < 1.29 is 19.1 Å². The monoisotopic (exact) mass is 441 g/mol. The predicted octanol–water partition coefficient (Wildman–Crippen LogP) is 5.91. The van der Waals surface area contributed by atoms with Gasteiger partial charge in [0, 0.05) is 22.0 Å². The number of hydrogen-bond donors (Lipinski definition) is 1. The summed E-state index contributed by atoms with van der Waals surface area (Å²) in [6.45, 7) is 1.97. The van der Waals surface area contributed by atoms with Gasteiger partial charge in [-0.05, 0) is 48.4 Å². The number of anilines is 1. The van der Waals surface area contributed by atoms with Crippen molar-refractivity contribution in [2.75, 3.05) is 19.0 Å². The fraction of sp³-hybridized carbons (Fsp3) is 0.130. The maximum absolute atomic E-state index is 12.6. The fourth-order valence-corrected chi connectivity index (χ4v) is 3.82. The molecule has 0 fully saturated rings. The molecule has 154 valence electrons. The third kappa shape index (κ3) is 5.28. The van der Waals surface area contributed by atoms with Crippen molar-refractivity contribution in [3.8, 4) is 16.9 Å². The molecule has 0 spiro atoms. The molecular weight excluding hydrogens is 422 g/mol. The summed E-state index contributed by atoms with van der Waals surface area (Å²) in [7, 11) is 1.60. The Morgan fingerprint density at radius 3 is 2.43 bits per heavy atom. The predicted molar refractivity (Wildman–Crippen MR) is 121 cm³/mol. The zero-order valence-corrected chi connectivity index (χ0v) is 18.0. The number of ether oxygens (including phenoxy) is 2. The van der Waals surface area contributed by atoms with E-state index in [0.717, 1.165) is 16.9 Å². The van der Waals surface area contributed by atoms with Gasteiger partial charge in [-0.15, -0.1) is 11.3 Å². The number of benzene rings is 2. The van der Waals surface area contributed by atoms with Crippen LogP contribution in [0.25, 0.3) is 17.2 Å². The number of carbonyl (C=O) groups is 2. The van der Waals surface area contributed by atoms with Crippen molar-refractivity contribution in [3.63, 3.8) is 0 Å². The summed E-state index contributed by atoms with van der Waals surface area (Å²) >= 11 is 7.23. The van der Waals surface area contributed by atoms with Crippen molar-refractivity contribution in [1.29, 1.82) is 0 Å². The number of methoxy groups -OCH3 is 1. The van der Waals surface area contributed by atoms with Crippen LogP contribution in [0.15, 0.2) is 60.0 Å². The molecule has 5 nitrogen and oxygen atoms in total. The van der Waals surface area contributed by atoms with Gasteiger partial charge in [0.25, 0.3) is 0 Å². The molecule has 0 saturated carbocycles. The third-order valence-corrected chi connectivity index (χ3v) is 5.35. The second kappa shape index (κ2) is 10.1. The first-order chi connectivity index (χ1) is 14.5. The first-order valence-electron chi connectivity index (χ1n) is 9.19. The van der Waals surface area contributed by atoms with E-state index in [1.165, 1.54) is 17.4 Å². The molecule has 0 aliphatic rings. The van der Waals surface area contributed by atoms with Crippen LogP contribution in [0.1, 0.15) is 22.8 Å². The van der Waals surface area contributed by atoms with Crippen LogP contribution in [-0.4, -0.2) is 25.6 Å². The van der Waals surface area contributed by atoms with Gasteiger partial charge in [0.05, 0.1) is 13.7 Å². The van der Waals surface area contributed by atoms with Gasteiger partial charge in [-0.2, -0.15) is 0 Å². The normalized spacial score (nSPS) is 10.8. The smallest absolute Gasteiger partial charge is 0.341 e. The van der Waals surface area contributed by atoms with Gasteiger partial charge in [0.15, 0.2) is 0 Å². The minimum Gasteiger partial charge on any atom is -0.497 e. The largest absolute Gasteiger partial charge is 0.497 e. The van der Waals surface area contributed by atoms with E-state index in [1.54, 1.807) is 32.2 Å². The van der Waals surface area contributed by atoms with Crippen LogP contribution in [0.2, 0.25) is 5.02 Å². The fourth-order valence-electron chi connectivity index (χ4n) is 2.74. The molecule has 1 heterocycles. The summed E-state index contributed by atoms with van der Waals surface area (Å²) in [5, 5.41) is 5.64. The zero-order chi connectivity index (χ0) is 21.5. The molecule has 30 heavy (non-hydrogen) atoms. The SMILES string of the molecule is CCOC(=O)c1c(-c2ccc(Cl)cc2)csc1NC(=O)C=Cc1ccc(OC)cc1.